The highest BCUT2D eigenvalue weighted by atomic mass is 35.5. The van der Waals surface area contributed by atoms with Crippen molar-refractivity contribution in [2.24, 2.45) is 5.92 Å². The number of para-hydroxylation sites is 1. The van der Waals surface area contributed by atoms with Gasteiger partial charge in [-0.25, -0.2) is 0 Å². The van der Waals surface area contributed by atoms with Gasteiger partial charge >= 0.3 is 0 Å². The number of rotatable bonds is 6. The van der Waals surface area contributed by atoms with Gasteiger partial charge in [0.1, 0.15) is 5.75 Å². The molecule has 0 aliphatic carbocycles. The summed E-state index contributed by atoms with van der Waals surface area (Å²) in [6.45, 7) is 11.0. The Balaban J connectivity index is 0.00000261. The van der Waals surface area contributed by atoms with Crippen LogP contribution in [0.3, 0.4) is 0 Å². The number of ether oxygens (including phenoxy) is 1. The lowest BCUT2D eigenvalue weighted by molar-refractivity contribution is -0.139. The molecule has 1 unspecified atom stereocenters. The lowest BCUT2D eigenvalue weighted by Gasteiger charge is -2.38. The van der Waals surface area contributed by atoms with Crippen LogP contribution in [0.4, 0.5) is 0 Å². The zero-order chi connectivity index (χ0) is 18.4. The number of amides is 1. The van der Waals surface area contributed by atoms with Crippen molar-refractivity contribution in [2.75, 3.05) is 45.8 Å². The molecular weight excluding hydrogens is 362 g/mol. The summed E-state index contributed by atoms with van der Waals surface area (Å²) < 4.78 is 5.99. The van der Waals surface area contributed by atoms with Crippen LogP contribution in [0, 0.1) is 5.92 Å². The molecule has 2 heterocycles. The van der Waals surface area contributed by atoms with Gasteiger partial charge in [0.25, 0.3) is 5.91 Å². The minimum absolute atomic E-state index is 0. The highest BCUT2D eigenvalue weighted by molar-refractivity contribution is 5.85. The minimum Gasteiger partial charge on any atom is -0.481 e. The van der Waals surface area contributed by atoms with Crippen LogP contribution in [0.15, 0.2) is 24.3 Å². The average molecular weight is 396 g/mol. The number of carbonyl (C=O) groups excluding carboxylic acids is 1. The van der Waals surface area contributed by atoms with E-state index in [9.17, 15) is 4.79 Å². The number of hydrogen-bond donors (Lipinski definition) is 1. The monoisotopic (exact) mass is 395 g/mol. The Morgan fingerprint density at radius 3 is 2.52 bits per heavy atom. The Labute approximate surface area is 169 Å². The van der Waals surface area contributed by atoms with E-state index in [1.54, 1.807) is 0 Å². The van der Waals surface area contributed by atoms with Crippen LogP contribution in [-0.2, 0) is 11.2 Å². The number of benzene rings is 1. The number of hydrogen-bond acceptors (Lipinski definition) is 4. The first-order valence-corrected chi connectivity index (χ1v) is 10.1. The number of halogens is 1. The third-order valence-electron chi connectivity index (χ3n) is 5.66. The Hall–Kier alpha value is -1.30. The van der Waals surface area contributed by atoms with E-state index in [4.69, 9.17) is 4.74 Å². The first-order chi connectivity index (χ1) is 12.7. The van der Waals surface area contributed by atoms with Crippen molar-refractivity contribution >= 4 is 18.3 Å². The normalized spacial score (nSPS) is 20.0. The maximum atomic E-state index is 12.8. The van der Waals surface area contributed by atoms with Gasteiger partial charge in [-0.15, -0.1) is 12.4 Å². The number of piperidine rings is 1. The molecule has 1 aromatic rings. The van der Waals surface area contributed by atoms with E-state index in [2.05, 4.69) is 23.2 Å². The summed E-state index contributed by atoms with van der Waals surface area (Å²) in [5, 5.41) is 3.43. The van der Waals surface area contributed by atoms with Crippen LogP contribution in [0.25, 0.3) is 0 Å². The summed E-state index contributed by atoms with van der Waals surface area (Å²) in [6.07, 6.45) is 3.03. The third kappa shape index (κ3) is 6.09. The smallest absolute Gasteiger partial charge is 0.263 e. The summed E-state index contributed by atoms with van der Waals surface area (Å²) in [5.41, 5.74) is 1.15. The minimum atomic E-state index is -0.432. The van der Waals surface area contributed by atoms with Gasteiger partial charge in [-0.1, -0.05) is 25.1 Å². The quantitative estimate of drug-likeness (QED) is 0.804. The van der Waals surface area contributed by atoms with E-state index in [1.165, 1.54) is 19.4 Å². The molecule has 1 N–H and O–H groups in total. The Morgan fingerprint density at radius 2 is 1.85 bits per heavy atom. The summed E-state index contributed by atoms with van der Waals surface area (Å²) in [7, 11) is 0. The molecule has 152 valence electrons. The molecule has 2 saturated heterocycles. The van der Waals surface area contributed by atoms with Gasteiger partial charge < -0.3 is 15.0 Å². The van der Waals surface area contributed by atoms with E-state index in [0.717, 1.165) is 62.9 Å². The van der Waals surface area contributed by atoms with Crippen LogP contribution in [0.2, 0.25) is 0 Å². The summed E-state index contributed by atoms with van der Waals surface area (Å²) >= 11 is 0. The second-order valence-corrected chi connectivity index (χ2v) is 7.54. The Kier molecular flexibility index (Phi) is 8.87. The lowest BCUT2D eigenvalue weighted by Crippen LogP contribution is -2.53. The number of nitrogens with one attached hydrogen (secondary N) is 1. The second-order valence-electron chi connectivity index (χ2n) is 7.54. The molecule has 0 saturated carbocycles. The molecule has 1 aromatic carbocycles. The second kappa shape index (κ2) is 10.9. The molecule has 0 bridgehead atoms. The first kappa shape index (κ1) is 22.0. The molecule has 5 nitrogen and oxygen atoms in total. The summed E-state index contributed by atoms with van der Waals surface area (Å²) in [6, 6.07) is 8.00. The molecule has 2 fully saturated rings. The van der Waals surface area contributed by atoms with E-state index in [1.807, 2.05) is 30.0 Å². The standard InChI is InChI=1S/C21H33N3O2.ClH/c1-3-19-6-4-5-7-20(19)26-17(2)21(25)24-14-12-23(13-15-24)16-18-8-10-22-11-9-18;/h4-7,17-18,22H,3,8-16H2,1-2H3;1H. The topological polar surface area (TPSA) is 44.8 Å². The van der Waals surface area contributed by atoms with Gasteiger partial charge in [0.05, 0.1) is 0 Å². The van der Waals surface area contributed by atoms with Crippen LogP contribution in [-0.4, -0.2) is 67.6 Å². The van der Waals surface area contributed by atoms with E-state index in [-0.39, 0.29) is 18.3 Å². The highest BCUT2D eigenvalue weighted by Gasteiger charge is 2.27. The van der Waals surface area contributed by atoms with Gasteiger partial charge in [0.2, 0.25) is 0 Å². The van der Waals surface area contributed by atoms with Crippen LogP contribution in [0.5, 0.6) is 5.75 Å². The molecule has 1 atom stereocenters. The molecule has 3 rings (SSSR count). The van der Waals surface area contributed by atoms with Gasteiger partial charge in [-0.2, -0.15) is 0 Å². The van der Waals surface area contributed by atoms with Crippen molar-refractivity contribution in [3.05, 3.63) is 29.8 Å². The number of aryl methyl sites for hydroxylation is 1. The first-order valence-electron chi connectivity index (χ1n) is 10.1. The fourth-order valence-electron chi connectivity index (χ4n) is 3.99. The van der Waals surface area contributed by atoms with Crippen LogP contribution in [0.1, 0.15) is 32.3 Å². The zero-order valence-corrected chi connectivity index (χ0v) is 17.5. The lowest BCUT2D eigenvalue weighted by atomic mass is 9.97. The maximum Gasteiger partial charge on any atom is 0.263 e. The molecule has 2 aliphatic rings. The zero-order valence-electron chi connectivity index (χ0n) is 16.7. The molecule has 0 radical (unpaired) electrons. The molecule has 0 spiro atoms. The third-order valence-corrected chi connectivity index (χ3v) is 5.66. The highest BCUT2D eigenvalue weighted by Crippen LogP contribution is 2.21. The Morgan fingerprint density at radius 1 is 1.19 bits per heavy atom. The Bertz CT molecular complexity index is 585. The number of carbonyl (C=O) groups is 1. The fraction of sp³-hybridized carbons (Fsp3) is 0.667. The van der Waals surface area contributed by atoms with Gasteiger partial charge in [-0.3, -0.25) is 9.69 Å². The summed E-state index contributed by atoms with van der Waals surface area (Å²) in [4.78, 5) is 17.3. The number of piperazine rings is 1. The van der Waals surface area contributed by atoms with Crippen molar-refractivity contribution in [1.29, 1.82) is 0 Å². The molecule has 0 aromatic heterocycles. The average Bonchev–Trinajstić information content (AvgIpc) is 2.69. The predicted octanol–water partition coefficient (Wildman–Crippen LogP) is 2.58. The number of nitrogens with zero attached hydrogens (tertiary/aromatic N) is 2. The van der Waals surface area contributed by atoms with Crippen molar-refractivity contribution < 1.29 is 9.53 Å². The molecule has 2 aliphatic heterocycles. The van der Waals surface area contributed by atoms with Crippen molar-refractivity contribution in [1.82, 2.24) is 15.1 Å². The SMILES string of the molecule is CCc1ccccc1OC(C)C(=O)N1CCN(CC2CCNCC2)CC1.Cl. The van der Waals surface area contributed by atoms with Crippen LogP contribution >= 0.6 is 12.4 Å². The molecule has 1 amide bonds. The van der Waals surface area contributed by atoms with Gasteiger partial charge in [-0.05, 0) is 56.8 Å². The van der Waals surface area contributed by atoms with Crippen molar-refractivity contribution in [3.8, 4) is 5.75 Å². The maximum absolute atomic E-state index is 12.8. The predicted molar refractivity (Wildman–Crippen MR) is 112 cm³/mol. The van der Waals surface area contributed by atoms with Crippen molar-refractivity contribution in [2.45, 2.75) is 39.2 Å². The van der Waals surface area contributed by atoms with Crippen LogP contribution < -0.4 is 10.1 Å². The van der Waals surface area contributed by atoms with Crippen molar-refractivity contribution in [3.63, 3.8) is 0 Å². The molecular formula is C21H34ClN3O2. The summed E-state index contributed by atoms with van der Waals surface area (Å²) in [5.74, 6) is 1.75. The molecule has 27 heavy (non-hydrogen) atoms. The molecule has 6 heteroatoms. The van der Waals surface area contributed by atoms with E-state index >= 15 is 0 Å². The van der Waals surface area contributed by atoms with Gasteiger partial charge in [0.15, 0.2) is 6.10 Å². The van der Waals surface area contributed by atoms with E-state index in [0.29, 0.717) is 0 Å². The largest absolute Gasteiger partial charge is 0.481 e. The fourth-order valence-corrected chi connectivity index (χ4v) is 3.99. The van der Waals surface area contributed by atoms with Gasteiger partial charge in [0, 0.05) is 32.7 Å². The van der Waals surface area contributed by atoms with E-state index < -0.39 is 6.10 Å².